The number of hydrogen-bond acceptors (Lipinski definition) is 4. The number of β-amino-alcohol motifs (C(OH)–C–C–N with tert-alkyl or cyclic N) is 2. The fourth-order valence-electron chi connectivity index (χ4n) is 1.70. The highest BCUT2D eigenvalue weighted by atomic mass is 16.3. The third-order valence-corrected chi connectivity index (χ3v) is 2.59. The molecular formula is C10H12N2O4. The van der Waals surface area contributed by atoms with Crippen LogP contribution in [0, 0.1) is 0 Å². The zero-order valence-electron chi connectivity index (χ0n) is 8.46. The predicted octanol–water partition coefficient (Wildman–Crippen LogP) is -1.45. The maximum absolute atomic E-state index is 11.8. The molecule has 86 valence electrons. The molecule has 0 aromatic carbocycles. The average molecular weight is 224 g/mol. The van der Waals surface area contributed by atoms with Crippen LogP contribution in [-0.2, 0) is 0 Å². The molecule has 0 aliphatic carbocycles. The Balaban J connectivity index is 2.21. The first-order valence-electron chi connectivity index (χ1n) is 4.92. The van der Waals surface area contributed by atoms with Gasteiger partial charge in [0.15, 0.2) is 0 Å². The van der Waals surface area contributed by atoms with E-state index in [0.29, 0.717) is 0 Å². The Bertz CT molecular complexity index is 446. The van der Waals surface area contributed by atoms with Crippen LogP contribution in [0.15, 0.2) is 23.1 Å². The first-order chi connectivity index (χ1) is 7.59. The first-order valence-corrected chi connectivity index (χ1v) is 4.92. The van der Waals surface area contributed by atoms with Gasteiger partial charge in [-0.15, -0.1) is 0 Å². The van der Waals surface area contributed by atoms with Crippen LogP contribution < -0.4 is 5.56 Å². The van der Waals surface area contributed by atoms with Gasteiger partial charge in [-0.05, 0) is 12.1 Å². The van der Waals surface area contributed by atoms with Crippen molar-refractivity contribution in [3.63, 3.8) is 0 Å². The summed E-state index contributed by atoms with van der Waals surface area (Å²) in [6, 6.07) is 2.97. The Morgan fingerprint density at radius 2 is 2.00 bits per heavy atom. The van der Waals surface area contributed by atoms with E-state index in [1.165, 1.54) is 17.2 Å². The number of carbonyl (C=O) groups excluding carboxylic acids is 1. The number of nitrogens with one attached hydrogen (secondary N) is 1. The van der Waals surface area contributed by atoms with E-state index in [1.807, 2.05) is 0 Å². The van der Waals surface area contributed by atoms with E-state index < -0.39 is 23.7 Å². The van der Waals surface area contributed by atoms with E-state index in [1.54, 1.807) is 6.07 Å². The van der Waals surface area contributed by atoms with Crippen molar-refractivity contribution >= 4 is 5.91 Å². The summed E-state index contributed by atoms with van der Waals surface area (Å²) in [5.74, 6) is -0.475. The van der Waals surface area contributed by atoms with Gasteiger partial charge >= 0.3 is 0 Å². The van der Waals surface area contributed by atoms with Gasteiger partial charge in [-0.25, -0.2) is 0 Å². The highest BCUT2D eigenvalue weighted by Gasteiger charge is 2.33. The quantitative estimate of drug-likeness (QED) is 0.544. The normalized spacial score (nSPS) is 24.8. The van der Waals surface area contributed by atoms with Gasteiger partial charge in [0.25, 0.3) is 11.5 Å². The Morgan fingerprint density at radius 1 is 1.38 bits per heavy atom. The maximum atomic E-state index is 11.8. The first kappa shape index (κ1) is 10.8. The van der Waals surface area contributed by atoms with Crippen molar-refractivity contribution in [3.05, 3.63) is 34.2 Å². The summed E-state index contributed by atoms with van der Waals surface area (Å²) in [6.07, 6.45) is -0.439. The molecule has 0 radical (unpaired) electrons. The number of H-pyrrole nitrogens is 1. The van der Waals surface area contributed by atoms with E-state index in [4.69, 9.17) is 0 Å². The molecule has 1 amide bonds. The van der Waals surface area contributed by atoms with Crippen molar-refractivity contribution in [1.82, 2.24) is 9.88 Å². The number of hydrogen-bond donors (Lipinski definition) is 3. The lowest BCUT2D eigenvalue weighted by atomic mass is 10.2. The summed E-state index contributed by atoms with van der Waals surface area (Å²) < 4.78 is 0. The van der Waals surface area contributed by atoms with Crippen LogP contribution in [0.25, 0.3) is 0 Å². The molecule has 2 unspecified atom stereocenters. The van der Waals surface area contributed by atoms with Crippen LogP contribution in [0.3, 0.4) is 0 Å². The summed E-state index contributed by atoms with van der Waals surface area (Å²) in [4.78, 5) is 26.9. The van der Waals surface area contributed by atoms with Gasteiger partial charge in [-0.2, -0.15) is 0 Å². The molecule has 0 spiro atoms. The third-order valence-electron chi connectivity index (χ3n) is 2.59. The number of likely N-dealkylation sites (tertiary alicyclic amines) is 1. The van der Waals surface area contributed by atoms with E-state index in [-0.39, 0.29) is 18.7 Å². The van der Waals surface area contributed by atoms with Crippen LogP contribution in [0.2, 0.25) is 0 Å². The lowest BCUT2D eigenvalue weighted by Gasteiger charge is -2.14. The van der Waals surface area contributed by atoms with Crippen molar-refractivity contribution in [3.8, 4) is 0 Å². The van der Waals surface area contributed by atoms with Crippen molar-refractivity contribution in [2.75, 3.05) is 13.1 Å². The van der Waals surface area contributed by atoms with Gasteiger partial charge < -0.3 is 20.1 Å². The Morgan fingerprint density at radius 3 is 2.56 bits per heavy atom. The van der Waals surface area contributed by atoms with Gasteiger partial charge in [-0.3, -0.25) is 9.59 Å². The maximum Gasteiger partial charge on any atom is 0.260 e. The largest absolute Gasteiger partial charge is 0.388 e. The molecule has 16 heavy (non-hydrogen) atoms. The smallest absolute Gasteiger partial charge is 0.260 e. The summed E-state index contributed by atoms with van der Waals surface area (Å²) in [7, 11) is 0. The van der Waals surface area contributed by atoms with E-state index in [2.05, 4.69) is 4.98 Å². The number of aliphatic hydroxyl groups is 2. The summed E-state index contributed by atoms with van der Waals surface area (Å²) in [5.41, 5.74) is -0.452. The molecule has 1 fully saturated rings. The molecule has 1 aromatic rings. The van der Waals surface area contributed by atoms with Crippen molar-refractivity contribution in [2.24, 2.45) is 0 Å². The average Bonchev–Trinajstić information content (AvgIpc) is 2.59. The lowest BCUT2D eigenvalue weighted by Crippen LogP contribution is -2.33. The number of aliphatic hydroxyl groups excluding tert-OH is 2. The van der Waals surface area contributed by atoms with E-state index >= 15 is 0 Å². The lowest BCUT2D eigenvalue weighted by molar-refractivity contribution is 0.0572. The molecule has 0 saturated carbocycles. The fourth-order valence-corrected chi connectivity index (χ4v) is 1.70. The molecule has 1 aromatic heterocycles. The SMILES string of the molecule is O=C(c1ccc[nH]c1=O)N1CC(O)C(O)C1. The van der Waals surface area contributed by atoms with Crippen LogP contribution in [0.1, 0.15) is 10.4 Å². The highest BCUT2D eigenvalue weighted by Crippen LogP contribution is 2.12. The van der Waals surface area contributed by atoms with Crippen LogP contribution in [-0.4, -0.2) is 51.3 Å². The van der Waals surface area contributed by atoms with Gasteiger partial charge in [0.1, 0.15) is 5.56 Å². The molecule has 2 atom stereocenters. The monoisotopic (exact) mass is 224 g/mol. The number of aromatic amines is 1. The van der Waals surface area contributed by atoms with Gasteiger partial charge in [0.2, 0.25) is 0 Å². The molecule has 6 heteroatoms. The Kier molecular flexibility index (Phi) is 2.76. The minimum atomic E-state index is -0.938. The summed E-state index contributed by atoms with van der Waals surface area (Å²) in [5, 5.41) is 18.6. The molecule has 2 rings (SSSR count). The molecular weight excluding hydrogens is 212 g/mol. The zero-order valence-corrected chi connectivity index (χ0v) is 8.46. The third kappa shape index (κ3) is 1.84. The predicted molar refractivity (Wildman–Crippen MR) is 55.0 cm³/mol. The molecule has 0 bridgehead atoms. The van der Waals surface area contributed by atoms with E-state index in [0.717, 1.165) is 0 Å². The second-order valence-electron chi connectivity index (χ2n) is 3.76. The van der Waals surface area contributed by atoms with Crippen molar-refractivity contribution in [1.29, 1.82) is 0 Å². The second-order valence-corrected chi connectivity index (χ2v) is 3.76. The van der Waals surface area contributed by atoms with Crippen molar-refractivity contribution < 1.29 is 15.0 Å². The van der Waals surface area contributed by atoms with Crippen LogP contribution >= 0.6 is 0 Å². The second kappa shape index (κ2) is 4.07. The fraction of sp³-hybridized carbons (Fsp3) is 0.400. The number of nitrogens with zero attached hydrogens (tertiary/aromatic N) is 1. The summed E-state index contributed by atoms with van der Waals surface area (Å²) >= 11 is 0. The zero-order chi connectivity index (χ0) is 11.7. The molecule has 6 nitrogen and oxygen atoms in total. The molecule has 2 heterocycles. The number of aromatic nitrogens is 1. The molecule has 1 aliphatic heterocycles. The van der Waals surface area contributed by atoms with Crippen LogP contribution in [0.5, 0.6) is 0 Å². The highest BCUT2D eigenvalue weighted by molar-refractivity contribution is 5.94. The van der Waals surface area contributed by atoms with Gasteiger partial charge in [-0.1, -0.05) is 0 Å². The standard InChI is InChI=1S/C10H12N2O4/c13-7-4-12(5-8(7)14)10(16)6-2-1-3-11-9(6)15/h1-3,7-8,13-14H,4-5H2,(H,11,15). The molecule has 1 aliphatic rings. The number of amides is 1. The minimum Gasteiger partial charge on any atom is -0.388 e. The summed E-state index contributed by atoms with van der Waals surface area (Å²) in [6.45, 7) is 0.0999. The van der Waals surface area contributed by atoms with Crippen LogP contribution in [0.4, 0.5) is 0 Å². The Hall–Kier alpha value is -1.66. The Labute approximate surface area is 91.1 Å². The molecule has 1 saturated heterocycles. The number of rotatable bonds is 1. The minimum absolute atomic E-state index is 0.0174. The molecule has 3 N–H and O–H groups in total. The van der Waals surface area contributed by atoms with Gasteiger partial charge in [0.05, 0.1) is 12.2 Å². The van der Waals surface area contributed by atoms with E-state index in [9.17, 15) is 19.8 Å². The topological polar surface area (TPSA) is 93.6 Å². The van der Waals surface area contributed by atoms with Crippen molar-refractivity contribution in [2.45, 2.75) is 12.2 Å². The number of pyridine rings is 1. The van der Waals surface area contributed by atoms with Gasteiger partial charge in [0, 0.05) is 19.3 Å². The number of carbonyl (C=O) groups is 1.